The van der Waals surface area contributed by atoms with E-state index in [2.05, 4.69) is 10.3 Å². The lowest BCUT2D eigenvalue weighted by molar-refractivity contribution is 0.0381. The van der Waals surface area contributed by atoms with Crippen LogP contribution in [0.25, 0.3) is 0 Å². The first kappa shape index (κ1) is 11.4. The second-order valence-electron chi connectivity index (χ2n) is 4.73. The average Bonchev–Trinajstić information content (AvgIpc) is 2.54. The number of aromatic nitrogens is 1. The lowest BCUT2D eigenvalue weighted by Crippen LogP contribution is -2.36. The SMILES string of the molecule is OC1(CNc2ccncc2)CCCCCC1. The number of rotatable bonds is 3. The Morgan fingerprint density at radius 1 is 1.12 bits per heavy atom. The Labute approximate surface area is 96.9 Å². The van der Waals surface area contributed by atoms with E-state index in [1.807, 2.05) is 12.1 Å². The Bertz CT molecular complexity index is 305. The Balaban J connectivity index is 1.88. The maximum absolute atomic E-state index is 10.4. The van der Waals surface area contributed by atoms with E-state index in [0.717, 1.165) is 31.4 Å². The maximum atomic E-state index is 10.4. The summed E-state index contributed by atoms with van der Waals surface area (Å²) >= 11 is 0. The summed E-state index contributed by atoms with van der Waals surface area (Å²) in [4.78, 5) is 3.97. The van der Waals surface area contributed by atoms with Crippen LogP contribution in [0.4, 0.5) is 5.69 Å². The normalized spacial score (nSPS) is 20.1. The number of nitrogens with zero attached hydrogens (tertiary/aromatic N) is 1. The molecule has 0 amide bonds. The van der Waals surface area contributed by atoms with E-state index in [1.165, 1.54) is 12.8 Å². The van der Waals surface area contributed by atoms with Crippen molar-refractivity contribution in [3.05, 3.63) is 24.5 Å². The Morgan fingerprint density at radius 3 is 2.38 bits per heavy atom. The van der Waals surface area contributed by atoms with Gasteiger partial charge in [0, 0.05) is 24.6 Å². The molecule has 1 saturated carbocycles. The molecule has 1 aliphatic carbocycles. The minimum absolute atomic E-state index is 0.514. The summed E-state index contributed by atoms with van der Waals surface area (Å²) in [7, 11) is 0. The van der Waals surface area contributed by atoms with Crippen LogP contribution in [0.15, 0.2) is 24.5 Å². The van der Waals surface area contributed by atoms with Crippen LogP contribution in [0.5, 0.6) is 0 Å². The molecular formula is C13H20N2O. The van der Waals surface area contributed by atoms with Crippen molar-refractivity contribution in [3.63, 3.8) is 0 Å². The van der Waals surface area contributed by atoms with Crippen LogP contribution >= 0.6 is 0 Å². The minimum atomic E-state index is -0.514. The summed E-state index contributed by atoms with van der Waals surface area (Å²) in [6.45, 7) is 0.650. The molecule has 2 rings (SSSR count). The van der Waals surface area contributed by atoms with Gasteiger partial charge in [-0.15, -0.1) is 0 Å². The third kappa shape index (κ3) is 3.20. The Morgan fingerprint density at radius 2 is 1.75 bits per heavy atom. The van der Waals surface area contributed by atoms with Crippen molar-refractivity contribution in [3.8, 4) is 0 Å². The summed E-state index contributed by atoms with van der Waals surface area (Å²) in [5, 5.41) is 13.7. The van der Waals surface area contributed by atoms with Crippen molar-refractivity contribution >= 4 is 5.69 Å². The topological polar surface area (TPSA) is 45.1 Å². The quantitative estimate of drug-likeness (QED) is 0.770. The minimum Gasteiger partial charge on any atom is -0.388 e. The van der Waals surface area contributed by atoms with Gasteiger partial charge in [-0.05, 0) is 25.0 Å². The standard InChI is InChI=1S/C13H20N2O/c16-13(7-3-1-2-4-8-13)11-15-12-5-9-14-10-6-12/h5-6,9-10,16H,1-4,7-8,11H2,(H,14,15). The van der Waals surface area contributed by atoms with Crippen LogP contribution in [0.2, 0.25) is 0 Å². The van der Waals surface area contributed by atoms with E-state index in [-0.39, 0.29) is 0 Å². The van der Waals surface area contributed by atoms with Gasteiger partial charge in [-0.1, -0.05) is 25.7 Å². The molecule has 0 spiro atoms. The zero-order valence-electron chi connectivity index (χ0n) is 9.65. The van der Waals surface area contributed by atoms with Gasteiger partial charge in [-0.2, -0.15) is 0 Å². The zero-order valence-corrected chi connectivity index (χ0v) is 9.65. The predicted molar refractivity (Wildman–Crippen MR) is 65.4 cm³/mol. The van der Waals surface area contributed by atoms with Gasteiger partial charge in [0.15, 0.2) is 0 Å². The number of nitrogens with one attached hydrogen (secondary N) is 1. The summed E-state index contributed by atoms with van der Waals surface area (Å²) in [6, 6.07) is 3.86. The first-order chi connectivity index (χ1) is 7.79. The molecule has 1 fully saturated rings. The van der Waals surface area contributed by atoms with Gasteiger partial charge in [0.05, 0.1) is 5.60 Å². The van der Waals surface area contributed by atoms with Crippen LogP contribution in [-0.4, -0.2) is 22.2 Å². The summed E-state index contributed by atoms with van der Waals surface area (Å²) < 4.78 is 0. The van der Waals surface area contributed by atoms with Crippen molar-refractivity contribution in [2.24, 2.45) is 0 Å². The monoisotopic (exact) mass is 220 g/mol. The highest BCUT2D eigenvalue weighted by Crippen LogP contribution is 2.27. The highest BCUT2D eigenvalue weighted by molar-refractivity contribution is 5.41. The number of anilines is 1. The highest BCUT2D eigenvalue weighted by atomic mass is 16.3. The number of pyridine rings is 1. The molecule has 2 N–H and O–H groups in total. The average molecular weight is 220 g/mol. The van der Waals surface area contributed by atoms with Gasteiger partial charge in [-0.3, -0.25) is 4.98 Å². The smallest absolute Gasteiger partial charge is 0.0819 e. The second-order valence-corrected chi connectivity index (χ2v) is 4.73. The molecule has 0 radical (unpaired) electrons. The molecule has 1 aliphatic rings. The molecular weight excluding hydrogens is 200 g/mol. The van der Waals surface area contributed by atoms with Crippen molar-refractivity contribution in [2.45, 2.75) is 44.1 Å². The summed E-state index contributed by atoms with van der Waals surface area (Å²) in [5.74, 6) is 0. The number of hydrogen-bond acceptors (Lipinski definition) is 3. The molecule has 0 aromatic carbocycles. The first-order valence-corrected chi connectivity index (χ1v) is 6.15. The summed E-state index contributed by atoms with van der Waals surface area (Å²) in [6.07, 6.45) is 10.2. The van der Waals surface area contributed by atoms with Gasteiger partial charge in [0.1, 0.15) is 0 Å². The van der Waals surface area contributed by atoms with Crippen molar-refractivity contribution < 1.29 is 5.11 Å². The fourth-order valence-corrected chi connectivity index (χ4v) is 2.30. The van der Waals surface area contributed by atoms with Gasteiger partial charge in [0.2, 0.25) is 0 Å². The highest BCUT2D eigenvalue weighted by Gasteiger charge is 2.27. The third-order valence-corrected chi connectivity index (χ3v) is 3.34. The molecule has 0 saturated heterocycles. The number of aliphatic hydroxyl groups is 1. The van der Waals surface area contributed by atoms with Crippen molar-refractivity contribution in [1.82, 2.24) is 4.98 Å². The third-order valence-electron chi connectivity index (χ3n) is 3.34. The van der Waals surface area contributed by atoms with E-state index < -0.39 is 5.60 Å². The largest absolute Gasteiger partial charge is 0.388 e. The van der Waals surface area contributed by atoms with E-state index in [1.54, 1.807) is 12.4 Å². The molecule has 3 heteroatoms. The van der Waals surface area contributed by atoms with E-state index in [4.69, 9.17) is 0 Å². The lowest BCUT2D eigenvalue weighted by atomic mass is 9.94. The fraction of sp³-hybridized carbons (Fsp3) is 0.615. The Hall–Kier alpha value is -1.09. The second kappa shape index (κ2) is 5.30. The summed E-state index contributed by atoms with van der Waals surface area (Å²) in [5.41, 5.74) is 0.521. The molecule has 16 heavy (non-hydrogen) atoms. The van der Waals surface area contributed by atoms with E-state index in [9.17, 15) is 5.11 Å². The van der Waals surface area contributed by atoms with E-state index >= 15 is 0 Å². The van der Waals surface area contributed by atoms with Crippen LogP contribution < -0.4 is 5.32 Å². The van der Waals surface area contributed by atoms with Crippen LogP contribution in [0.1, 0.15) is 38.5 Å². The zero-order chi connectivity index (χ0) is 11.3. The first-order valence-electron chi connectivity index (χ1n) is 6.15. The number of hydrogen-bond donors (Lipinski definition) is 2. The molecule has 0 atom stereocenters. The van der Waals surface area contributed by atoms with Gasteiger partial charge < -0.3 is 10.4 Å². The molecule has 1 heterocycles. The molecule has 88 valence electrons. The van der Waals surface area contributed by atoms with E-state index in [0.29, 0.717) is 6.54 Å². The van der Waals surface area contributed by atoms with Crippen molar-refractivity contribution in [1.29, 1.82) is 0 Å². The molecule has 3 nitrogen and oxygen atoms in total. The molecule has 1 aromatic heterocycles. The predicted octanol–water partition coefficient (Wildman–Crippen LogP) is 2.58. The van der Waals surface area contributed by atoms with Crippen molar-refractivity contribution in [2.75, 3.05) is 11.9 Å². The fourth-order valence-electron chi connectivity index (χ4n) is 2.30. The van der Waals surface area contributed by atoms with Crippen LogP contribution in [0, 0.1) is 0 Å². The molecule has 0 unspecified atom stereocenters. The molecule has 1 aromatic rings. The molecule has 0 aliphatic heterocycles. The van der Waals surface area contributed by atoms with Crippen LogP contribution in [0.3, 0.4) is 0 Å². The maximum Gasteiger partial charge on any atom is 0.0819 e. The Kier molecular flexibility index (Phi) is 3.78. The lowest BCUT2D eigenvalue weighted by Gasteiger charge is -2.27. The van der Waals surface area contributed by atoms with Gasteiger partial charge in [0.25, 0.3) is 0 Å². The van der Waals surface area contributed by atoms with Crippen LogP contribution in [-0.2, 0) is 0 Å². The van der Waals surface area contributed by atoms with Gasteiger partial charge >= 0.3 is 0 Å². The molecule has 0 bridgehead atoms. The van der Waals surface area contributed by atoms with Gasteiger partial charge in [-0.25, -0.2) is 0 Å².